The van der Waals surface area contributed by atoms with Gasteiger partial charge < -0.3 is 4.98 Å². The van der Waals surface area contributed by atoms with Crippen LogP contribution in [0.15, 0.2) is 6.07 Å². The van der Waals surface area contributed by atoms with Crippen molar-refractivity contribution in [3.05, 3.63) is 23.0 Å². The first-order valence-electron chi connectivity index (χ1n) is 2.77. The summed E-state index contributed by atoms with van der Waals surface area (Å²) in [4.78, 5) is 4.21. The van der Waals surface area contributed by atoms with E-state index in [0.29, 0.717) is 0 Å². The summed E-state index contributed by atoms with van der Waals surface area (Å²) in [5.41, 5.74) is 3.57. The Hall–Kier alpha value is 1.09. The van der Waals surface area contributed by atoms with Crippen LogP contribution in [0.5, 0.6) is 0 Å². The van der Waals surface area contributed by atoms with Crippen molar-refractivity contribution in [2.45, 2.75) is 20.8 Å². The number of hydrogen-bond acceptors (Lipinski definition) is 0. The molecule has 1 nitrogen and oxygen atoms in total. The molecule has 1 aromatic rings. The van der Waals surface area contributed by atoms with Crippen LogP contribution in [-0.4, -0.2) is 0 Å². The standard InChI is InChI=1S/C7H10N.Rb/c1-5-4-6(2)8-7(5)3;/h4H,1-3H3;/q-1;+1. The van der Waals surface area contributed by atoms with Gasteiger partial charge in [0.05, 0.1) is 0 Å². The normalized spacial score (nSPS) is 8.78. The van der Waals surface area contributed by atoms with Gasteiger partial charge >= 0.3 is 58.2 Å². The minimum absolute atomic E-state index is 0. The van der Waals surface area contributed by atoms with Gasteiger partial charge in [0, 0.05) is 0 Å². The zero-order chi connectivity index (χ0) is 6.15. The number of nitrogens with zero attached hydrogens (tertiary/aromatic N) is 1. The van der Waals surface area contributed by atoms with E-state index in [1.165, 1.54) is 5.56 Å². The van der Waals surface area contributed by atoms with Crippen LogP contribution in [0, 0.1) is 20.8 Å². The smallest absolute Gasteiger partial charge is 0.665 e. The van der Waals surface area contributed by atoms with Crippen molar-refractivity contribution in [1.29, 1.82) is 0 Å². The van der Waals surface area contributed by atoms with Gasteiger partial charge in [-0.15, -0.1) is 0 Å². The van der Waals surface area contributed by atoms with Crippen LogP contribution in [0.2, 0.25) is 0 Å². The molecule has 0 fully saturated rings. The second-order valence-corrected chi connectivity index (χ2v) is 2.17. The molecule has 9 heavy (non-hydrogen) atoms. The molecule has 0 aliphatic rings. The van der Waals surface area contributed by atoms with Crippen molar-refractivity contribution in [2.75, 3.05) is 0 Å². The third kappa shape index (κ3) is 2.66. The van der Waals surface area contributed by atoms with E-state index >= 15 is 0 Å². The van der Waals surface area contributed by atoms with Crippen LogP contribution in [0.3, 0.4) is 0 Å². The van der Waals surface area contributed by atoms with Gasteiger partial charge in [0.25, 0.3) is 0 Å². The van der Waals surface area contributed by atoms with Gasteiger partial charge in [0.15, 0.2) is 0 Å². The fourth-order valence-electron chi connectivity index (χ4n) is 0.803. The predicted molar refractivity (Wildman–Crippen MR) is 34.0 cm³/mol. The number of hydrogen-bond donors (Lipinski definition) is 0. The summed E-state index contributed by atoms with van der Waals surface area (Å²) in [6, 6.07) is 2.09. The second kappa shape index (κ2) is 4.07. The fourth-order valence-corrected chi connectivity index (χ4v) is 0.803. The Kier molecular flexibility index (Phi) is 4.56. The molecule has 0 aliphatic heterocycles. The van der Waals surface area contributed by atoms with Crippen molar-refractivity contribution < 1.29 is 58.2 Å². The molecule has 1 heterocycles. The van der Waals surface area contributed by atoms with E-state index < -0.39 is 0 Å². The van der Waals surface area contributed by atoms with Crippen LogP contribution in [0.1, 0.15) is 17.0 Å². The summed E-state index contributed by atoms with van der Waals surface area (Å²) in [7, 11) is 0. The SMILES string of the molecule is Cc1cc(C)c(C)[n-]1.[Rb+]. The van der Waals surface area contributed by atoms with Crippen LogP contribution in [0.4, 0.5) is 0 Å². The van der Waals surface area contributed by atoms with Gasteiger partial charge in [-0.25, -0.2) is 0 Å². The summed E-state index contributed by atoms with van der Waals surface area (Å²) in [6.07, 6.45) is 0. The largest absolute Gasteiger partial charge is 1.00 e. The van der Waals surface area contributed by atoms with Gasteiger partial charge in [-0.2, -0.15) is 11.4 Å². The molecule has 0 saturated heterocycles. The molecule has 0 aromatic carbocycles. The molecule has 44 valence electrons. The Bertz CT molecular complexity index is 171. The molecule has 0 amide bonds. The first kappa shape index (κ1) is 10.1. The molecule has 0 unspecified atom stereocenters. The van der Waals surface area contributed by atoms with Crippen molar-refractivity contribution in [2.24, 2.45) is 0 Å². The summed E-state index contributed by atoms with van der Waals surface area (Å²) in [5, 5.41) is 0. The van der Waals surface area contributed by atoms with E-state index in [1.54, 1.807) is 0 Å². The third-order valence-corrected chi connectivity index (χ3v) is 1.34. The van der Waals surface area contributed by atoms with Crippen molar-refractivity contribution in [1.82, 2.24) is 4.98 Å². The Morgan fingerprint density at radius 1 is 1.22 bits per heavy atom. The van der Waals surface area contributed by atoms with Gasteiger partial charge in [-0.1, -0.05) is 25.5 Å². The van der Waals surface area contributed by atoms with Crippen LogP contribution in [0.25, 0.3) is 0 Å². The van der Waals surface area contributed by atoms with Gasteiger partial charge in [-0.05, 0) is 6.92 Å². The van der Waals surface area contributed by atoms with Crippen molar-refractivity contribution in [3.63, 3.8) is 0 Å². The molecule has 1 rings (SSSR count). The van der Waals surface area contributed by atoms with E-state index in [1.807, 2.05) is 13.8 Å². The molecule has 1 aromatic heterocycles. The Morgan fingerprint density at radius 3 is 1.89 bits per heavy atom. The quantitative estimate of drug-likeness (QED) is 0.493. The van der Waals surface area contributed by atoms with E-state index in [0.717, 1.165) is 11.4 Å². The molecular formula is C7H10NRb. The average Bonchev–Trinajstić information content (AvgIpc) is 1.85. The Labute approximate surface area is 105 Å². The first-order valence-corrected chi connectivity index (χ1v) is 2.77. The van der Waals surface area contributed by atoms with E-state index in [-0.39, 0.29) is 58.2 Å². The maximum Gasteiger partial charge on any atom is 1.00 e. The van der Waals surface area contributed by atoms with Crippen LogP contribution >= 0.6 is 0 Å². The molecule has 0 radical (unpaired) electrons. The third-order valence-electron chi connectivity index (χ3n) is 1.34. The maximum absolute atomic E-state index is 4.21. The monoisotopic (exact) mass is 193 g/mol. The second-order valence-electron chi connectivity index (χ2n) is 2.17. The number of aryl methyl sites for hydroxylation is 3. The predicted octanol–water partition coefficient (Wildman–Crippen LogP) is -1.43. The van der Waals surface area contributed by atoms with Crippen molar-refractivity contribution in [3.8, 4) is 0 Å². The van der Waals surface area contributed by atoms with E-state index in [4.69, 9.17) is 0 Å². The molecule has 0 bridgehead atoms. The first-order chi connectivity index (χ1) is 3.70. The molecule has 0 N–H and O–H groups in total. The zero-order valence-electron chi connectivity index (χ0n) is 6.52. The Morgan fingerprint density at radius 2 is 1.78 bits per heavy atom. The molecular weight excluding hydrogens is 184 g/mol. The minimum Gasteiger partial charge on any atom is -0.665 e. The van der Waals surface area contributed by atoms with E-state index in [9.17, 15) is 0 Å². The summed E-state index contributed by atoms with van der Waals surface area (Å²) < 4.78 is 0. The zero-order valence-corrected chi connectivity index (χ0v) is 11.4. The molecule has 0 spiro atoms. The molecule has 0 aliphatic carbocycles. The fraction of sp³-hybridized carbons (Fsp3) is 0.429. The summed E-state index contributed by atoms with van der Waals surface area (Å²) >= 11 is 0. The molecule has 2 heteroatoms. The minimum atomic E-state index is 0. The number of aromatic nitrogens is 1. The molecule has 0 saturated carbocycles. The van der Waals surface area contributed by atoms with Gasteiger partial charge in [-0.3, -0.25) is 0 Å². The summed E-state index contributed by atoms with van der Waals surface area (Å²) in [6.45, 7) is 6.12. The Balaban J connectivity index is 0.000000640. The van der Waals surface area contributed by atoms with Crippen LogP contribution in [-0.2, 0) is 0 Å². The summed E-state index contributed by atoms with van der Waals surface area (Å²) in [5.74, 6) is 0. The topological polar surface area (TPSA) is 14.1 Å². The maximum atomic E-state index is 4.21. The van der Waals surface area contributed by atoms with Gasteiger partial charge in [0.1, 0.15) is 0 Å². The molecule has 0 atom stereocenters. The van der Waals surface area contributed by atoms with Gasteiger partial charge in [0.2, 0.25) is 0 Å². The average molecular weight is 194 g/mol. The number of rotatable bonds is 0. The van der Waals surface area contributed by atoms with Crippen LogP contribution < -0.4 is 63.2 Å². The van der Waals surface area contributed by atoms with Crippen molar-refractivity contribution >= 4 is 0 Å². The van der Waals surface area contributed by atoms with E-state index in [2.05, 4.69) is 18.0 Å².